The lowest BCUT2D eigenvalue weighted by atomic mass is 9.12. The summed E-state index contributed by atoms with van der Waals surface area (Å²) in [7, 11) is -1.91. The largest absolute Gasteiger partial charge is 0.207 e. The molecular weight excluding hydrogens is 1040 g/mol. The molecule has 0 aliphatic rings. The van der Waals surface area contributed by atoms with Crippen LogP contribution in [0.5, 0.6) is 0 Å². The van der Waals surface area contributed by atoms with Gasteiger partial charge in [-0.3, -0.25) is 0 Å². The van der Waals surface area contributed by atoms with Crippen molar-refractivity contribution in [1.82, 2.24) is 0 Å². The first kappa shape index (κ1) is 53.2. The predicted molar refractivity (Wildman–Crippen MR) is 229 cm³/mol. The number of hydrogen-bond acceptors (Lipinski definition) is 1. The van der Waals surface area contributed by atoms with Gasteiger partial charge in [0.25, 0.3) is 0 Å². The van der Waals surface area contributed by atoms with Gasteiger partial charge in [0.1, 0.15) is 75.9 Å². The highest BCUT2D eigenvalue weighted by atomic mass is 31.2. The zero-order chi connectivity index (χ0) is 53.6. The lowest BCUT2D eigenvalue weighted by Gasteiger charge is -2.44. The third kappa shape index (κ3) is 8.52. The molecule has 0 aromatic heterocycles. The number of rotatable bonds is 9. The normalized spacial score (nSPS) is 11.6. The lowest BCUT2D eigenvalue weighted by Crippen LogP contribution is -2.81. The average Bonchev–Trinajstić information content (AvgIpc) is 3.41. The van der Waals surface area contributed by atoms with E-state index >= 15 is 35.1 Å². The number of hydrogen-bond donors (Lipinski definition) is 0. The van der Waals surface area contributed by atoms with Crippen molar-refractivity contribution in [3.8, 4) is 6.07 Å². The molecule has 0 unspecified atom stereocenters. The summed E-state index contributed by atoms with van der Waals surface area (Å²) in [6.45, 7) is 0. The van der Waals surface area contributed by atoms with Gasteiger partial charge in [0, 0.05) is 0 Å². The molecule has 8 aromatic carbocycles. The van der Waals surface area contributed by atoms with Crippen molar-refractivity contribution in [2.45, 2.75) is 6.16 Å². The Kier molecular flexibility index (Phi) is 14.9. The van der Waals surface area contributed by atoms with Crippen molar-refractivity contribution >= 4 is 51.2 Å². The average molecular weight is 1060 g/mol. The number of nitrogens with zero attached hydrogens (tertiary/aromatic N) is 1. The fraction of sp³-hybridized carbons (Fsp3) is 0.0200. The third-order valence-corrected chi connectivity index (χ3v) is 16.2. The fourth-order valence-electron chi connectivity index (χ4n) is 8.66. The van der Waals surface area contributed by atoms with Gasteiger partial charge in [-0.15, -0.1) is 21.9 Å². The molecule has 0 fully saturated rings. The van der Waals surface area contributed by atoms with E-state index < -0.39 is 152 Å². The number of benzene rings is 8. The highest BCUT2D eigenvalue weighted by Gasteiger charge is 2.52. The van der Waals surface area contributed by atoms with Crippen LogP contribution in [-0.4, -0.2) is 6.15 Å². The summed E-state index contributed by atoms with van der Waals surface area (Å²) in [5.41, 5.74) is -12.4. The molecule has 1 nitrogen and oxygen atoms in total. The van der Waals surface area contributed by atoms with E-state index in [0.717, 1.165) is 6.16 Å². The second kappa shape index (κ2) is 20.5. The summed E-state index contributed by atoms with van der Waals surface area (Å²) in [5, 5.41) is 13.4. The van der Waals surface area contributed by atoms with Gasteiger partial charge >= 0.3 is 0 Å². The van der Waals surface area contributed by atoms with Gasteiger partial charge < -0.3 is 0 Å². The minimum Gasteiger partial charge on any atom is -0.207 e. The van der Waals surface area contributed by atoms with Crippen LogP contribution in [-0.2, 0) is 6.16 Å². The number of halogens is 20. The maximum atomic E-state index is 15.4. The Labute approximate surface area is 398 Å². The van der Waals surface area contributed by atoms with Crippen LogP contribution in [0.2, 0.25) is 0 Å². The van der Waals surface area contributed by atoms with Crippen molar-refractivity contribution in [2.75, 3.05) is 0 Å². The summed E-state index contributed by atoms with van der Waals surface area (Å²) in [6, 6.07) is 42.8. The molecule has 0 saturated heterocycles. The SMILES string of the molecule is Fc1c(F)c(F)c([B-](c2c(F)c(F)c(F)c(F)c2F)(c2c(F)c(F)c(F)c(F)c2F)c2c(F)c(F)c(F)c(F)c2F)c(F)c1F.N#Cc1cccc(C[P+](c2ccccc2)(c2ccccc2)c2ccccc2)c1. The van der Waals surface area contributed by atoms with Crippen LogP contribution in [0.3, 0.4) is 0 Å². The van der Waals surface area contributed by atoms with Crippen LogP contribution in [0.4, 0.5) is 87.8 Å². The molecule has 0 spiro atoms. The topological polar surface area (TPSA) is 23.8 Å². The van der Waals surface area contributed by atoms with Crippen molar-refractivity contribution < 1.29 is 87.8 Å². The summed E-state index contributed by atoms with van der Waals surface area (Å²) < 4.78 is 294. The zero-order valence-corrected chi connectivity index (χ0v) is 36.6. The third-order valence-electron chi connectivity index (χ3n) is 11.8. The molecule has 8 rings (SSSR count). The Bertz CT molecular complexity index is 3020. The van der Waals surface area contributed by atoms with E-state index in [1.807, 2.05) is 18.2 Å². The molecule has 0 N–H and O–H groups in total. The molecule has 0 bridgehead atoms. The van der Waals surface area contributed by atoms with Crippen LogP contribution in [0.15, 0.2) is 115 Å². The van der Waals surface area contributed by atoms with Crippen molar-refractivity contribution in [3.05, 3.63) is 243 Å². The standard InChI is InChI=1S/C26H21NP.C24BF20/c27-20-22-11-10-12-23(19-22)21-28(24-13-4-1-5-14-24,25-15-6-2-7-16-25)26-17-8-3-9-18-26;26-5-1(6(27)14(35)21(42)13(5)34)25(2-7(28)15(36)22(43)16(37)8(2)29,3-9(30)17(38)23(44)18(39)10(3)31)4-11(32)19(40)24(45)20(41)12(4)33/h1-19H,21H2;/q+1;-1. The quantitative estimate of drug-likeness (QED) is 0.0465. The van der Waals surface area contributed by atoms with Crippen molar-refractivity contribution in [2.24, 2.45) is 0 Å². The van der Waals surface area contributed by atoms with Gasteiger partial charge in [-0.05, 0) is 54.1 Å². The van der Waals surface area contributed by atoms with Gasteiger partial charge in [-0.2, -0.15) is 5.26 Å². The van der Waals surface area contributed by atoms with E-state index in [9.17, 15) is 57.9 Å². The van der Waals surface area contributed by atoms with E-state index in [0.29, 0.717) is 5.56 Å². The van der Waals surface area contributed by atoms with E-state index in [2.05, 4.69) is 103 Å². The van der Waals surface area contributed by atoms with E-state index in [4.69, 9.17) is 0 Å². The summed E-state index contributed by atoms with van der Waals surface area (Å²) in [6.07, 6.45) is -6.33. The maximum absolute atomic E-state index is 15.4. The highest BCUT2D eigenvalue weighted by Crippen LogP contribution is 2.58. The molecule has 0 amide bonds. The highest BCUT2D eigenvalue weighted by molar-refractivity contribution is 7.95. The van der Waals surface area contributed by atoms with Crippen molar-refractivity contribution in [1.29, 1.82) is 5.26 Å². The van der Waals surface area contributed by atoms with E-state index in [-0.39, 0.29) is 0 Å². The smallest absolute Gasteiger partial charge is 0.200 e. The Morgan fingerprint density at radius 2 is 0.534 bits per heavy atom. The summed E-state index contributed by atoms with van der Waals surface area (Å²) in [4.78, 5) is 0. The first-order chi connectivity index (χ1) is 34.5. The summed E-state index contributed by atoms with van der Waals surface area (Å²) >= 11 is 0. The minimum absolute atomic E-state index is 0.713. The maximum Gasteiger partial charge on any atom is 0.200 e. The van der Waals surface area contributed by atoms with Gasteiger partial charge in [0.05, 0.1) is 17.8 Å². The van der Waals surface area contributed by atoms with Gasteiger partial charge in [0.2, 0.25) is 0 Å². The molecule has 0 radical (unpaired) electrons. The lowest BCUT2D eigenvalue weighted by molar-refractivity contribution is 0.378. The zero-order valence-electron chi connectivity index (χ0n) is 35.7. The van der Waals surface area contributed by atoms with E-state index in [1.54, 1.807) is 0 Å². The molecule has 0 saturated carbocycles. The molecule has 0 atom stereocenters. The van der Waals surface area contributed by atoms with Gasteiger partial charge in [-0.1, -0.05) is 66.7 Å². The molecule has 0 heterocycles. The van der Waals surface area contributed by atoms with Crippen LogP contribution >= 0.6 is 7.26 Å². The molecule has 0 aliphatic carbocycles. The Hall–Kier alpha value is -7.66. The van der Waals surface area contributed by atoms with Crippen LogP contribution in [0.25, 0.3) is 0 Å². The first-order valence-electron chi connectivity index (χ1n) is 20.3. The molecule has 73 heavy (non-hydrogen) atoms. The first-order valence-corrected chi connectivity index (χ1v) is 22.3. The van der Waals surface area contributed by atoms with Gasteiger partial charge in [-0.25, -0.2) is 87.8 Å². The second-order valence-electron chi connectivity index (χ2n) is 15.6. The van der Waals surface area contributed by atoms with E-state index in [1.165, 1.54) is 21.5 Å². The monoisotopic (exact) mass is 1060 g/mol. The number of nitriles is 1. The van der Waals surface area contributed by atoms with Gasteiger partial charge in [0.15, 0.2) is 69.8 Å². The predicted octanol–water partition coefficient (Wildman–Crippen LogP) is 10.9. The molecule has 8 aromatic rings. The fourth-order valence-corrected chi connectivity index (χ4v) is 12.9. The molecule has 374 valence electrons. The van der Waals surface area contributed by atoms with Crippen LogP contribution < -0.4 is 37.8 Å². The van der Waals surface area contributed by atoms with Crippen molar-refractivity contribution in [3.63, 3.8) is 0 Å². The molecular formula is C50H21BF20NP. The summed E-state index contributed by atoms with van der Waals surface area (Å²) in [5.74, 6) is -71.4. The van der Waals surface area contributed by atoms with Crippen LogP contribution in [0.1, 0.15) is 11.1 Å². The Morgan fingerprint density at radius 1 is 0.301 bits per heavy atom. The Balaban J connectivity index is 0.000000237. The molecule has 23 heteroatoms. The minimum atomic E-state index is -7.22. The second-order valence-corrected chi connectivity index (χ2v) is 19.1. The van der Waals surface area contributed by atoms with Crippen LogP contribution in [0, 0.1) is 128 Å². The Morgan fingerprint density at radius 3 is 0.767 bits per heavy atom. The molecule has 0 aliphatic heterocycles.